The van der Waals surface area contributed by atoms with Crippen LogP contribution in [0.5, 0.6) is 11.5 Å². The van der Waals surface area contributed by atoms with Crippen molar-refractivity contribution >= 4 is 56.8 Å². The lowest BCUT2D eigenvalue weighted by molar-refractivity contribution is 0.0240. The first-order valence-corrected chi connectivity index (χ1v) is 12.9. The molecule has 1 aliphatic heterocycles. The molecule has 0 atom stereocenters. The molecule has 0 aliphatic carbocycles. The second-order valence-electron chi connectivity index (χ2n) is 10.1. The van der Waals surface area contributed by atoms with E-state index >= 15 is 0 Å². The van der Waals surface area contributed by atoms with Gasteiger partial charge in [0.2, 0.25) is 0 Å². The van der Waals surface area contributed by atoms with Crippen molar-refractivity contribution in [1.29, 1.82) is 5.26 Å². The molecule has 2 aromatic carbocycles. The lowest BCUT2D eigenvalue weighted by atomic mass is 10.1. The molecule has 0 radical (unpaired) electrons. The van der Waals surface area contributed by atoms with Crippen molar-refractivity contribution in [3.05, 3.63) is 51.8 Å². The average molecular weight is 553 g/mol. The van der Waals surface area contributed by atoms with E-state index in [0.717, 1.165) is 16.5 Å². The van der Waals surface area contributed by atoms with E-state index < -0.39 is 5.60 Å². The number of hydrogen-bond acceptors (Lipinski definition) is 7. The van der Waals surface area contributed by atoms with Gasteiger partial charge in [0.15, 0.2) is 11.5 Å². The Hall–Kier alpha value is -3.74. The Morgan fingerprint density at radius 3 is 2.58 bits per heavy atom. The topological polar surface area (TPSA) is 107 Å². The lowest BCUT2D eigenvalue weighted by Crippen LogP contribution is -2.50. The van der Waals surface area contributed by atoms with Crippen LogP contribution < -0.4 is 9.64 Å². The molecule has 38 heavy (non-hydrogen) atoms. The van der Waals surface area contributed by atoms with Gasteiger partial charge < -0.3 is 19.3 Å². The Balaban J connectivity index is 1.53. The summed E-state index contributed by atoms with van der Waals surface area (Å²) in [5.74, 6) is 0.898. The smallest absolute Gasteiger partial charge is 0.410 e. The van der Waals surface area contributed by atoms with E-state index in [-0.39, 0.29) is 16.8 Å². The van der Waals surface area contributed by atoms with Crippen LogP contribution in [0.3, 0.4) is 0 Å². The molecule has 4 aromatic rings. The van der Waals surface area contributed by atoms with Gasteiger partial charge in [0.25, 0.3) is 0 Å². The molecule has 1 N–H and O–H groups in total. The maximum Gasteiger partial charge on any atom is 0.410 e. The Bertz CT molecular complexity index is 1600. The number of carbonyl (C=O) groups excluding carboxylic acids is 1. The third-order valence-corrected chi connectivity index (χ3v) is 7.04. The van der Waals surface area contributed by atoms with Crippen LogP contribution >= 0.6 is 23.2 Å². The Labute approximate surface area is 229 Å². The molecule has 1 fully saturated rings. The van der Waals surface area contributed by atoms with Gasteiger partial charge in [-0.25, -0.2) is 9.78 Å². The number of rotatable bonds is 3. The standard InChI is InChI=1S/C27H26Cl2N6O3/c1-15-12-19-18(14-31-33-19)24(21(15)28)37-20-7-5-6-16-22(20)32-25(29)17(13-30)23(16)34-8-10-35(11-9-34)26(36)38-27(2,3)4/h5-7,12,14H,8-11H2,1-4H3,(H,31,33). The summed E-state index contributed by atoms with van der Waals surface area (Å²) in [4.78, 5) is 20.8. The summed E-state index contributed by atoms with van der Waals surface area (Å²) < 4.78 is 11.9. The minimum absolute atomic E-state index is 0.0735. The highest BCUT2D eigenvalue weighted by Crippen LogP contribution is 2.43. The zero-order valence-electron chi connectivity index (χ0n) is 21.4. The van der Waals surface area contributed by atoms with Crippen LogP contribution in [0, 0.1) is 18.3 Å². The number of amides is 1. The molecular formula is C27H26Cl2N6O3. The number of H-pyrrole nitrogens is 1. The van der Waals surface area contributed by atoms with Gasteiger partial charge >= 0.3 is 6.09 Å². The fourth-order valence-electron chi connectivity index (χ4n) is 4.54. The summed E-state index contributed by atoms with van der Waals surface area (Å²) in [5.41, 5.74) is 2.47. The molecule has 0 unspecified atom stereocenters. The van der Waals surface area contributed by atoms with Crippen molar-refractivity contribution in [2.75, 3.05) is 31.1 Å². The number of fused-ring (bicyclic) bond motifs is 2. The number of aromatic nitrogens is 3. The highest BCUT2D eigenvalue weighted by Gasteiger charge is 2.29. The van der Waals surface area contributed by atoms with Crippen molar-refractivity contribution in [3.63, 3.8) is 0 Å². The van der Waals surface area contributed by atoms with Gasteiger partial charge in [0, 0.05) is 31.6 Å². The number of hydrogen-bond donors (Lipinski definition) is 1. The Morgan fingerprint density at radius 2 is 1.89 bits per heavy atom. The van der Waals surface area contributed by atoms with Crippen molar-refractivity contribution in [2.24, 2.45) is 0 Å². The number of aromatic amines is 1. The van der Waals surface area contributed by atoms with Crippen LogP contribution in [-0.2, 0) is 4.74 Å². The largest absolute Gasteiger partial charge is 0.453 e. The number of ether oxygens (including phenoxy) is 2. The first-order valence-electron chi connectivity index (χ1n) is 12.1. The molecule has 5 rings (SSSR count). The van der Waals surface area contributed by atoms with E-state index in [1.165, 1.54) is 0 Å². The van der Waals surface area contributed by atoms with Gasteiger partial charge in [-0.2, -0.15) is 10.4 Å². The zero-order valence-corrected chi connectivity index (χ0v) is 22.9. The molecule has 2 aromatic heterocycles. The zero-order chi connectivity index (χ0) is 27.2. The third kappa shape index (κ3) is 4.77. The van der Waals surface area contributed by atoms with Gasteiger partial charge in [-0.15, -0.1) is 0 Å². The maximum atomic E-state index is 12.6. The number of nitrogens with zero attached hydrogens (tertiary/aromatic N) is 5. The number of nitrogens with one attached hydrogen (secondary N) is 1. The fraction of sp³-hybridized carbons (Fsp3) is 0.333. The van der Waals surface area contributed by atoms with E-state index in [2.05, 4.69) is 21.3 Å². The van der Waals surface area contributed by atoms with Crippen molar-refractivity contribution < 1.29 is 14.3 Å². The number of halogens is 2. The van der Waals surface area contributed by atoms with E-state index in [1.54, 1.807) is 17.2 Å². The second kappa shape index (κ2) is 9.86. The summed E-state index contributed by atoms with van der Waals surface area (Å²) in [5, 5.41) is 19.0. The fourth-order valence-corrected chi connectivity index (χ4v) is 4.95. The number of aryl methyl sites for hydroxylation is 1. The Morgan fingerprint density at radius 1 is 1.16 bits per heavy atom. The number of anilines is 1. The first-order chi connectivity index (χ1) is 18.1. The minimum atomic E-state index is -0.574. The lowest BCUT2D eigenvalue weighted by Gasteiger charge is -2.37. The Kier molecular flexibility index (Phi) is 6.72. The molecule has 0 bridgehead atoms. The molecule has 0 spiro atoms. The van der Waals surface area contributed by atoms with Crippen molar-refractivity contribution in [2.45, 2.75) is 33.3 Å². The molecule has 196 valence electrons. The number of para-hydroxylation sites is 1. The van der Waals surface area contributed by atoms with Crippen LogP contribution in [0.1, 0.15) is 31.9 Å². The SMILES string of the molecule is Cc1cc2[nH]ncc2c(Oc2cccc3c(N4CCN(C(=O)OC(C)(C)C)CC4)c(C#N)c(Cl)nc23)c1Cl. The van der Waals surface area contributed by atoms with Crippen LogP contribution in [0.15, 0.2) is 30.5 Å². The molecule has 3 heterocycles. The monoisotopic (exact) mass is 552 g/mol. The number of piperazine rings is 1. The van der Waals surface area contributed by atoms with Crippen molar-refractivity contribution in [3.8, 4) is 17.6 Å². The number of pyridine rings is 1. The maximum absolute atomic E-state index is 12.6. The summed E-state index contributed by atoms with van der Waals surface area (Å²) in [6.45, 7) is 9.28. The highest BCUT2D eigenvalue weighted by molar-refractivity contribution is 6.34. The molecule has 9 nitrogen and oxygen atoms in total. The molecular weight excluding hydrogens is 527 g/mol. The second-order valence-corrected chi connectivity index (χ2v) is 10.9. The van der Waals surface area contributed by atoms with E-state index in [0.29, 0.717) is 59.3 Å². The predicted molar refractivity (Wildman–Crippen MR) is 147 cm³/mol. The summed E-state index contributed by atoms with van der Waals surface area (Å²) in [7, 11) is 0. The normalized spacial score (nSPS) is 14.1. The summed E-state index contributed by atoms with van der Waals surface area (Å²) >= 11 is 13.2. The molecule has 11 heteroatoms. The molecule has 1 amide bonds. The van der Waals surface area contributed by atoms with Crippen LogP contribution in [-0.4, -0.2) is 58.0 Å². The quantitative estimate of drug-likeness (QED) is 0.291. The van der Waals surface area contributed by atoms with Gasteiger partial charge in [0.1, 0.15) is 27.9 Å². The molecule has 1 aliphatic rings. The van der Waals surface area contributed by atoms with E-state index in [1.807, 2.05) is 50.8 Å². The average Bonchev–Trinajstić information content (AvgIpc) is 3.33. The minimum Gasteiger partial charge on any atom is -0.453 e. The van der Waals surface area contributed by atoms with E-state index in [4.69, 9.17) is 32.7 Å². The molecule has 1 saturated heterocycles. The number of benzene rings is 2. The predicted octanol–water partition coefficient (Wildman–Crippen LogP) is 6.45. The van der Waals surface area contributed by atoms with Gasteiger partial charge in [-0.05, 0) is 45.4 Å². The number of carbonyl (C=O) groups is 1. The van der Waals surface area contributed by atoms with Crippen molar-refractivity contribution in [1.82, 2.24) is 20.1 Å². The number of nitriles is 1. The summed E-state index contributed by atoms with van der Waals surface area (Å²) in [6, 6.07) is 9.62. The first kappa shape index (κ1) is 25.9. The van der Waals surface area contributed by atoms with Crippen LogP contribution in [0.25, 0.3) is 21.8 Å². The molecule has 0 saturated carbocycles. The van der Waals surface area contributed by atoms with Crippen LogP contribution in [0.2, 0.25) is 10.2 Å². The highest BCUT2D eigenvalue weighted by atomic mass is 35.5. The van der Waals surface area contributed by atoms with Gasteiger partial charge in [0.05, 0.1) is 27.8 Å². The summed E-state index contributed by atoms with van der Waals surface area (Å²) in [6.07, 6.45) is 1.30. The van der Waals surface area contributed by atoms with E-state index in [9.17, 15) is 10.1 Å². The third-order valence-electron chi connectivity index (χ3n) is 6.30. The van der Waals surface area contributed by atoms with Crippen LogP contribution in [0.4, 0.5) is 10.5 Å². The van der Waals surface area contributed by atoms with Gasteiger partial charge in [-0.3, -0.25) is 5.10 Å². The van der Waals surface area contributed by atoms with Gasteiger partial charge in [-0.1, -0.05) is 35.3 Å².